The van der Waals surface area contributed by atoms with E-state index in [2.05, 4.69) is 5.32 Å². The summed E-state index contributed by atoms with van der Waals surface area (Å²) in [6.45, 7) is 5.57. The highest BCUT2D eigenvalue weighted by Gasteiger charge is 2.39. The second-order valence-electron chi connectivity index (χ2n) is 6.26. The van der Waals surface area contributed by atoms with Crippen LogP contribution in [0.2, 0.25) is 0 Å². The molecular weight excluding hydrogens is 226 g/mol. The molecular formula is C15H27NO2. The van der Waals surface area contributed by atoms with Crippen LogP contribution in [0.3, 0.4) is 0 Å². The summed E-state index contributed by atoms with van der Waals surface area (Å²) >= 11 is 0. The molecule has 3 nitrogen and oxygen atoms in total. The summed E-state index contributed by atoms with van der Waals surface area (Å²) < 4.78 is 5.45. The van der Waals surface area contributed by atoms with Crippen molar-refractivity contribution in [1.29, 1.82) is 0 Å². The fourth-order valence-electron chi connectivity index (χ4n) is 3.56. The van der Waals surface area contributed by atoms with Crippen molar-refractivity contribution in [3.8, 4) is 0 Å². The zero-order valence-electron chi connectivity index (χ0n) is 11.8. The van der Waals surface area contributed by atoms with Crippen LogP contribution in [-0.4, -0.2) is 25.2 Å². The molecule has 0 aromatic heterocycles. The Bertz CT molecular complexity index is 278. The van der Waals surface area contributed by atoms with Gasteiger partial charge in [0.1, 0.15) is 0 Å². The number of amides is 1. The summed E-state index contributed by atoms with van der Waals surface area (Å²) in [5.74, 6) is 2.71. The Labute approximate surface area is 111 Å². The second kappa shape index (κ2) is 6.55. The Hall–Kier alpha value is -0.570. The van der Waals surface area contributed by atoms with E-state index in [0.717, 1.165) is 37.8 Å². The van der Waals surface area contributed by atoms with Gasteiger partial charge >= 0.3 is 0 Å². The van der Waals surface area contributed by atoms with Crippen molar-refractivity contribution in [1.82, 2.24) is 5.32 Å². The minimum absolute atomic E-state index is 0.247. The number of nitrogens with one attached hydrogen (secondary N) is 1. The predicted octanol–water partition coefficient (Wildman–Crippen LogP) is 2.74. The lowest BCUT2D eigenvalue weighted by Crippen LogP contribution is -2.28. The van der Waals surface area contributed by atoms with Crippen molar-refractivity contribution in [2.24, 2.45) is 17.8 Å². The molecule has 0 saturated heterocycles. The molecule has 0 aliphatic heterocycles. The maximum absolute atomic E-state index is 11.8. The molecule has 104 valence electrons. The lowest BCUT2D eigenvalue weighted by molar-refractivity contribution is -0.122. The first-order valence-corrected chi connectivity index (χ1v) is 7.53. The third-order valence-corrected chi connectivity index (χ3v) is 4.43. The van der Waals surface area contributed by atoms with Crippen molar-refractivity contribution in [3.05, 3.63) is 0 Å². The molecule has 1 N–H and O–H groups in total. The van der Waals surface area contributed by atoms with Crippen LogP contribution in [0.15, 0.2) is 0 Å². The van der Waals surface area contributed by atoms with E-state index < -0.39 is 0 Å². The Morgan fingerprint density at radius 3 is 2.78 bits per heavy atom. The highest BCUT2D eigenvalue weighted by molar-refractivity contribution is 5.76. The van der Waals surface area contributed by atoms with E-state index in [-0.39, 0.29) is 12.0 Å². The van der Waals surface area contributed by atoms with E-state index in [1.165, 1.54) is 25.7 Å². The van der Waals surface area contributed by atoms with Crippen LogP contribution in [0.5, 0.6) is 0 Å². The van der Waals surface area contributed by atoms with Crippen LogP contribution in [-0.2, 0) is 9.53 Å². The predicted molar refractivity (Wildman–Crippen MR) is 72.3 cm³/mol. The molecule has 2 aliphatic rings. The summed E-state index contributed by atoms with van der Waals surface area (Å²) in [4.78, 5) is 11.8. The molecule has 1 amide bonds. The lowest BCUT2D eigenvalue weighted by Gasteiger charge is -2.20. The normalized spacial score (nSPS) is 30.1. The fourth-order valence-corrected chi connectivity index (χ4v) is 3.56. The molecule has 18 heavy (non-hydrogen) atoms. The molecule has 2 saturated carbocycles. The van der Waals surface area contributed by atoms with Gasteiger partial charge in [-0.2, -0.15) is 0 Å². The van der Waals surface area contributed by atoms with Crippen LogP contribution in [0.1, 0.15) is 52.4 Å². The van der Waals surface area contributed by atoms with Gasteiger partial charge in [0.05, 0.1) is 6.10 Å². The number of carbonyl (C=O) groups is 1. The maximum Gasteiger partial charge on any atom is 0.220 e. The van der Waals surface area contributed by atoms with Gasteiger partial charge in [-0.25, -0.2) is 0 Å². The van der Waals surface area contributed by atoms with Gasteiger partial charge in [0.2, 0.25) is 5.91 Å². The summed E-state index contributed by atoms with van der Waals surface area (Å²) in [5.41, 5.74) is 0. The Kier molecular flexibility index (Phi) is 5.04. The number of rotatable bonds is 7. The molecule has 0 spiro atoms. The molecule has 0 aromatic rings. The van der Waals surface area contributed by atoms with E-state index in [1.54, 1.807) is 0 Å². The van der Waals surface area contributed by atoms with Crippen molar-refractivity contribution in [3.63, 3.8) is 0 Å². The third kappa shape index (κ3) is 3.98. The van der Waals surface area contributed by atoms with Gasteiger partial charge in [-0.05, 0) is 57.3 Å². The molecule has 2 aliphatic carbocycles. The zero-order chi connectivity index (χ0) is 13.0. The molecule has 2 rings (SSSR count). The number of hydrogen-bond donors (Lipinski definition) is 1. The summed E-state index contributed by atoms with van der Waals surface area (Å²) in [5, 5.41) is 3.02. The molecule has 3 heteroatoms. The van der Waals surface area contributed by atoms with Crippen LogP contribution < -0.4 is 5.32 Å². The van der Waals surface area contributed by atoms with E-state index >= 15 is 0 Å². The quantitative estimate of drug-likeness (QED) is 0.708. The van der Waals surface area contributed by atoms with Gasteiger partial charge in [0, 0.05) is 19.6 Å². The highest BCUT2D eigenvalue weighted by Crippen LogP contribution is 2.49. The molecule has 2 bridgehead atoms. The third-order valence-electron chi connectivity index (χ3n) is 4.43. The SMILES string of the molecule is CC(C)OCCCNC(=O)C[C@@H]1C[C@H]2CC[C@H]1C2. The molecule has 0 unspecified atom stereocenters. The molecule has 3 atom stereocenters. The average Bonchev–Trinajstić information content (AvgIpc) is 2.90. The molecule has 0 heterocycles. The van der Waals surface area contributed by atoms with Crippen molar-refractivity contribution in [2.45, 2.75) is 58.5 Å². The monoisotopic (exact) mass is 253 g/mol. The highest BCUT2D eigenvalue weighted by atomic mass is 16.5. The van der Waals surface area contributed by atoms with Gasteiger partial charge in [0.15, 0.2) is 0 Å². The van der Waals surface area contributed by atoms with Gasteiger partial charge in [-0.15, -0.1) is 0 Å². The van der Waals surface area contributed by atoms with Crippen LogP contribution in [0.4, 0.5) is 0 Å². The smallest absolute Gasteiger partial charge is 0.220 e. The van der Waals surface area contributed by atoms with Gasteiger partial charge in [0.25, 0.3) is 0 Å². The van der Waals surface area contributed by atoms with Crippen LogP contribution in [0, 0.1) is 17.8 Å². The van der Waals surface area contributed by atoms with Crippen molar-refractivity contribution in [2.75, 3.05) is 13.2 Å². The van der Waals surface area contributed by atoms with Crippen LogP contribution >= 0.6 is 0 Å². The summed E-state index contributed by atoms with van der Waals surface area (Å²) in [7, 11) is 0. The average molecular weight is 253 g/mol. The summed E-state index contributed by atoms with van der Waals surface area (Å²) in [6.07, 6.45) is 7.43. The second-order valence-corrected chi connectivity index (χ2v) is 6.26. The van der Waals surface area contributed by atoms with E-state index in [1.807, 2.05) is 13.8 Å². The van der Waals surface area contributed by atoms with Crippen LogP contribution in [0.25, 0.3) is 0 Å². The van der Waals surface area contributed by atoms with E-state index in [4.69, 9.17) is 4.74 Å². The first kappa shape index (κ1) is 13.9. The van der Waals surface area contributed by atoms with Gasteiger partial charge in [-0.3, -0.25) is 4.79 Å². The van der Waals surface area contributed by atoms with E-state index in [9.17, 15) is 4.79 Å². The zero-order valence-corrected chi connectivity index (χ0v) is 11.8. The van der Waals surface area contributed by atoms with Crippen molar-refractivity contribution >= 4 is 5.91 Å². The number of fused-ring (bicyclic) bond motifs is 2. The minimum Gasteiger partial charge on any atom is -0.379 e. The Morgan fingerprint density at radius 1 is 1.33 bits per heavy atom. The standard InChI is InChI=1S/C15H27NO2/c1-11(2)18-7-3-6-16-15(17)10-14-9-12-4-5-13(14)8-12/h11-14H,3-10H2,1-2H3,(H,16,17)/t12-,13-,14-/m0/s1. The van der Waals surface area contributed by atoms with Crippen molar-refractivity contribution < 1.29 is 9.53 Å². The topological polar surface area (TPSA) is 38.3 Å². The Morgan fingerprint density at radius 2 is 2.17 bits per heavy atom. The first-order chi connectivity index (χ1) is 8.65. The lowest BCUT2D eigenvalue weighted by atomic mass is 9.86. The summed E-state index contributed by atoms with van der Waals surface area (Å²) in [6, 6.07) is 0. The fraction of sp³-hybridized carbons (Fsp3) is 0.933. The Balaban J connectivity index is 1.53. The van der Waals surface area contributed by atoms with Gasteiger partial charge in [-0.1, -0.05) is 6.42 Å². The number of hydrogen-bond acceptors (Lipinski definition) is 2. The first-order valence-electron chi connectivity index (χ1n) is 7.53. The minimum atomic E-state index is 0.247. The largest absolute Gasteiger partial charge is 0.379 e. The van der Waals surface area contributed by atoms with Gasteiger partial charge < -0.3 is 10.1 Å². The molecule has 2 fully saturated rings. The van der Waals surface area contributed by atoms with E-state index in [0.29, 0.717) is 5.92 Å². The number of carbonyl (C=O) groups excluding carboxylic acids is 1. The number of ether oxygens (including phenoxy) is 1. The molecule has 0 radical (unpaired) electrons. The maximum atomic E-state index is 11.8. The molecule has 0 aromatic carbocycles.